The van der Waals surface area contributed by atoms with Gasteiger partial charge in [0.05, 0.1) is 5.69 Å². The van der Waals surface area contributed by atoms with Gasteiger partial charge in [0.2, 0.25) is 11.8 Å². The molecular formula is C24H25N5O2. The van der Waals surface area contributed by atoms with E-state index in [4.69, 9.17) is 0 Å². The fraction of sp³-hybridized carbons (Fsp3) is 0.208. The molecule has 0 fully saturated rings. The molecule has 3 heterocycles. The predicted molar refractivity (Wildman–Crippen MR) is 121 cm³/mol. The average Bonchev–Trinajstić information content (AvgIpc) is 2.74. The van der Waals surface area contributed by atoms with Crippen LogP contribution in [0.4, 0.5) is 11.5 Å². The van der Waals surface area contributed by atoms with E-state index in [0.717, 1.165) is 16.9 Å². The number of amides is 2. The third kappa shape index (κ3) is 4.66. The zero-order chi connectivity index (χ0) is 21.8. The van der Waals surface area contributed by atoms with Crippen LogP contribution in [-0.2, 0) is 16.1 Å². The maximum atomic E-state index is 12.5. The highest BCUT2D eigenvalue weighted by Gasteiger charge is 2.28. The summed E-state index contributed by atoms with van der Waals surface area (Å²) in [6.07, 6.45) is 10.6. The highest BCUT2D eigenvalue weighted by atomic mass is 16.2. The molecule has 0 bridgehead atoms. The van der Waals surface area contributed by atoms with Crippen LogP contribution in [0.15, 0.2) is 84.9 Å². The summed E-state index contributed by atoms with van der Waals surface area (Å²) < 4.78 is 0. The molecule has 158 valence electrons. The topological polar surface area (TPSA) is 77.6 Å². The van der Waals surface area contributed by atoms with Gasteiger partial charge in [-0.3, -0.25) is 9.59 Å². The minimum absolute atomic E-state index is 0.138. The number of pyridine rings is 1. The highest BCUT2D eigenvalue weighted by molar-refractivity contribution is 6.00. The lowest BCUT2D eigenvalue weighted by Crippen LogP contribution is -2.54. The second kappa shape index (κ2) is 8.47. The summed E-state index contributed by atoms with van der Waals surface area (Å²) in [5, 5.41) is 5.85. The fourth-order valence-electron chi connectivity index (χ4n) is 3.61. The number of nitrogens with zero attached hydrogens (tertiary/aromatic N) is 3. The Kier molecular flexibility index (Phi) is 5.58. The Morgan fingerprint density at radius 1 is 1.06 bits per heavy atom. The second-order valence-corrected chi connectivity index (χ2v) is 7.93. The van der Waals surface area contributed by atoms with Gasteiger partial charge in [0, 0.05) is 30.7 Å². The molecule has 0 unspecified atom stereocenters. The van der Waals surface area contributed by atoms with Gasteiger partial charge in [0.1, 0.15) is 12.2 Å². The summed E-state index contributed by atoms with van der Waals surface area (Å²) in [5.41, 5.74) is 2.08. The second-order valence-electron chi connectivity index (χ2n) is 7.93. The van der Waals surface area contributed by atoms with E-state index in [1.807, 2.05) is 67.4 Å². The maximum absolute atomic E-state index is 12.5. The molecule has 2 aliphatic heterocycles. The zero-order valence-corrected chi connectivity index (χ0v) is 17.6. The molecule has 0 saturated heterocycles. The van der Waals surface area contributed by atoms with E-state index >= 15 is 0 Å². The fourth-order valence-corrected chi connectivity index (χ4v) is 3.61. The monoisotopic (exact) mass is 415 g/mol. The lowest BCUT2D eigenvalue weighted by molar-refractivity contribution is -0.120. The SMILES string of the molecule is CC1(C)NC(=O)/C=C/C=C(N2CC(=O)Nc3ncccc32)\C=C\N1Cc1ccccc1. The summed E-state index contributed by atoms with van der Waals surface area (Å²) in [7, 11) is 0. The third-order valence-electron chi connectivity index (χ3n) is 5.23. The molecule has 31 heavy (non-hydrogen) atoms. The summed E-state index contributed by atoms with van der Waals surface area (Å²) in [5.74, 6) is 0.196. The van der Waals surface area contributed by atoms with Gasteiger partial charge in [-0.15, -0.1) is 0 Å². The van der Waals surface area contributed by atoms with Crippen LogP contribution < -0.4 is 15.5 Å². The minimum Gasteiger partial charge on any atom is -0.351 e. The van der Waals surface area contributed by atoms with Gasteiger partial charge in [-0.1, -0.05) is 36.4 Å². The number of carbonyl (C=O) groups is 2. The van der Waals surface area contributed by atoms with Crippen molar-refractivity contribution in [1.82, 2.24) is 15.2 Å². The number of carbonyl (C=O) groups excluding carboxylic acids is 2. The summed E-state index contributed by atoms with van der Waals surface area (Å²) in [6.45, 7) is 4.70. The van der Waals surface area contributed by atoms with Gasteiger partial charge < -0.3 is 20.4 Å². The van der Waals surface area contributed by atoms with Crippen LogP contribution in [0.1, 0.15) is 19.4 Å². The first-order valence-corrected chi connectivity index (χ1v) is 10.1. The molecule has 1 aromatic carbocycles. The van der Waals surface area contributed by atoms with Crippen molar-refractivity contribution < 1.29 is 9.59 Å². The third-order valence-corrected chi connectivity index (χ3v) is 5.23. The number of fused-ring (bicyclic) bond motifs is 1. The smallest absolute Gasteiger partial charge is 0.245 e. The first kappa shape index (κ1) is 20.4. The number of nitrogens with one attached hydrogen (secondary N) is 2. The lowest BCUT2D eigenvalue weighted by Gasteiger charge is -2.39. The number of hydrogen-bond donors (Lipinski definition) is 2. The van der Waals surface area contributed by atoms with Crippen LogP contribution in [0.5, 0.6) is 0 Å². The Bertz CT molecular complexity index is 1070. The summed E-state index contributed by atoms with van der Waals surface area (Å²) in [4.78, 5) is 33.0. The Hall–Kier alpha value is -3.87. The molecule has 0 atom stereocenters. The quantitative estimate of drug-likeness (QED) is 0.805. The molecule has 0 radical (unpaired) electrons. The van der Waals surface area contributed by atoms with Gasteiger partial charge in [0.15, 0.2) is 5.82 Å². The van der Waals surface area contributed by atoms with Crippen molar-refractivity contribution in [3.8, 4) is 0 Å². The number of aromatic nitrogens is 1. The molecule has 2 aromatic rings. The average molecular weight is 415 g/mol. The summed E-state index contributed by atoms with van der Waals surface area (Å²) in [6, 6.07) is 13.8. The first-order chi connectivity index (χ1) is 14.9. The molecule has 2 N–H and O–H groups in total. The van der Waals surface area contributed by atoms with Crippen LogP contribution in [0.25, 0.3) is 0 Å². The number of allylic oxidation sites excluding steroid dienone is 3. The van der Waals surface area contributed by atoms with E-state index in [2.05, 4.69) is 32.7 Å². The first-order valence-electron chi connectivity index (χ1n) is 10.1. The zero-order valence-electron chi connectivity index (χ0n) is 17.6. The van der Waals surface area contributed by atoms with Crippen LogP contribution in [-0.4, -0.2) is 33.9 Å². The number of rotatable bonds is 3. The highest BCUT2D eigenvalue weighted by Crippen LogP contribution is 2.30. The van der Waals surface area contributed by atoms with E-state index in [0.29, 0.717) is 12.4 Å². The Balaban J connectivity index is 1.73. The minimum atomic E-state index is -0.630. The molecule has 0 aliphatic carbocycles. The van der Waals surface area contributed by atoms with E-state index in [1.165, 1.54) is 6.08 Å². The Morgan fingerprint density at radius 2 is 1.87 bits per heavy atom. The number of benzene rings is 1. The molecule has 2 amide bonds. The van der Waals surface area contributed by atoms with Crippen LogP contribution in [0.3, 0.4) is 0 Å². The van der Waals surface area contributed by atoms with Crippen molar-refractivity contribution >= 4 is 23.3 Å². The van der Waals surface area contributed by atoms with Crippen LogP contribution >= 0.6 is 0 Å². The van der Waals surface area contributed by atoms with E-state index < -0.39 is 5.66 Å². The van der Waals surface area contributed by atoms with Gasteiger partial charge in [-0.25, -0.2) is 4.98 Å². The predicted octanol–water partition coefficient (Wildman–Crippen LogP) is 3.16. The van der Waals surface area contributed by atoms with Crippen LogP contribution in [0.2, 0.25) is 0 Å². The number of hydrogen-bond acceptors (Lipinski definition) is 5. The van der Waals surface area contributed by atoms with Gasteiger partial charge >= 0.3 is 0 Å². The van der Waals surface area contributed by atoms with Gasteiger partial charge in [-0.05, 0) is 43.7 Å². The Morgan fingerprint density at radius 3 is 2.68 bits per heavy atom. The van der Waals surface area contributed by atoms with Crippen LogP contribution in [0, 0.1) is 0 Å². The van der Waals surface area contributed by atoms with Crippen molar-refractivity contribution in [2.75, 3.05) is 16.8 Å². The molecule has 4 rings (SSSR count). The summed E-state index contributed by atoms with van der Waals surface area (Å²) >= 11 is 0. The number of anilines is 2. The molecular weight excluding hydrogens is 390 g/mol. The largest absolute Gasteiger partial charge is 0.351 e. The molecule has 1 aromatic heterocycles. The molecule has 0 spiro atoms. The van der Waals surface area contributed by atoms with Gasteiger partial charge in [-0.2, -0.15) is 0 Å². The standard InChI is InChI=1S/C24H25N5O2/c1-24(2)27-21(30)12-6-10-19(13-15-28(24)16-18-8-4-3-5-9-18)29-17-22(31)26-23-20(29)11-7-14-25-23/h3-15H,16-17H2,1-2H3,(H,27,30)(H,25,26,31)/b12-6+,15-13+,19-10+. The molecule has 7 heteroatoms. The van der Waals surface area contributed by atoms with E-state index in [-0.39, 0.29) is 18.4 Å². The van der Waals surface area contributed by atoms with Crippen molar-refractivity contribution in [1.29, 1.82) is 0 Å². The molecule has 0 saturated carbocycles. The molecule has 7 nitrogen and oxygen atoms in total. The Labute approximate surface area is 181 Å². The van der Waals surface area contributed by atoms with Crippen molar-refractivity contribution in [3.63, 3.8) is 0 Å². The van der Waals surface area contributed by atoms with E-state index in [9.17, 15) is 9.59 Å². The van der Waals surface area contributed by atoms with Crippen molar-refractivity contribution in [3.05, 3.63) is 90.4 Å². The lowest BCUT2D eigenvalue weighted by atomic mass is 10.1. The van der Waals surface area contributed by atoms with Crippen molar-refractivity contribution in [2.45, 2.75) is 26.1 Å². The normalized spacial score (nSPS) is 21.8. The van der Waals surface area contributed by atoms with Crippen molar-refractivity contribution in [2.24, 2.45) is 0 Å². The molecule has 2 aliphatic rings. The maximum Gasteiger partial charge on any atom is 0.245 e. The van der Waals surface area contributed by atoms with Gasteiger partial charge in [0.25, 0.3) is 0 Å². The van der Waals surface area contributed by atoms with E-state index in [1.54, 1.807) is 12.3 Å².